The van der Waals surface area contributed by atoms with Crippen molar-refractivity contribution in [3.05, 3.63) is 21.4 Å². The van der Waals surface area contributed by atoms with E-state index in [-0.39, 0.29) is 5.91 Å². The number of amides is 1. The zero-order chi connectivity index (χ0) is 15.4. The van der Waals surface area contributed by atoms with E-state index in [1.165, 1.54) is 61.9 Å². The SMILES string of the molecule is CCN1CCC[C@@H]1CNC(=O)c1cc2c(s1)CCCCCC2. The van der Waals surface area contributed by atoms with Crippen LogP contribution in [0.5, 0.6) is 0 Å². The summed E-state index contributed by atoms with van der Waals surface area (Å²) in [6, 6.07) is 2.70. The number of rotatable bonds is 4. The number of nitrogens with one attached hydrogen (secondary N) is 1. The van der Waals surface area contributed by atoms with Crippen LogP contribution in [0.4, 0.5) is 0 Å². The molecule has 1 amide bonds. The van der Waals surface area contributed by atoms with Gasteiger partial charge in [-0.2, -0.15) is 0 Å². The van der Waals surface area contributed by atoms with Gasteiger partial charge in [-0.1, -0.05) is 19.8 Å². The topological polar surface area (TPSA) is 32.3 Å². The first-order chi connectivity index (χ1) is 10.8. The third-order valence-corrected chi connectivity index (χ3v) is 6.36. The molecule has 1 saturated heterocycles. The lowest BCUT2D eigenvalue weighted by Crippen LogP contribution is -2.39. The molecule has 1 aromatic heterocycles. The maximum absolute atomic E-state index is 12.5. The number of likely N-dealkylation sites (tertiary alicyclic amines) is 1. The largest absolute Gasteiger partial charge is 0.350 e. The predicted octanol–water partition coefficient (Wildman–Crippen LogP) is 3.62. The molecule has 2 heterocycles. The molecule has 1 aromatic rings. The smallest absolute Gasteiger partial charge is 0.261 e. The van der Waals surface area contributed by atoms with E-state index in [0.717, 1.165) is 24.4 Å². The molecule has 4 heteroatoms. The minimum absolute atomic E-state index is 0.139. The molecule has 0 aromatic carbocycles. The quantitative estimate of drug-likeness (QED) is 0.919. The average molecular weight is 321 g/mol. The Labute approximate surface area is 138 Å². The zero-order valence-corrected chi connectivity index (χ0v) is 14.5. The number of hydrogen-bond acceptors (Lipinski definition) is 3. The molecule has 3 rings (SSSR count). The Balaban J connectivity index is 1.59. The predicted molar refractivity (Wildman–Crippen MR) is 92.8 cm³/mol. The van der Waals surface area contributed by atoms with E-state index in [1.54, 1.807) is 11.3 Å². The van der Waals surface area contributed by atoms with Crippen molar-refractivity contribution >= 4 is 17.2 Å². The molecule has 0 saturated carbocycles. The number of aryl methyl sites for hydroxylation is 2. The number of thiophene rings is 1. The second kappa shape index (κ2) is 7.60. The van der Waals surface area contributed by atoms with Crippen LogP contribution in [-0.2, 0) is 12.8 Å². The molecule has 1 aliphatic carbocycles. The molecular weight excluding hydrogens is 292 g/mol. The summed E-state index contributed by atoms with van der Waals surface area (Å²) in [5, 5.41) is 3.18. The van der Waals surface area contributed by atoms with Crippen LogP contribution in [0.25, 0.3) is 0 Å². The first-order valence-corrected chi connectivity index (χ1v) is 9.73. The lowest BCUT2D eigenvalue weighted by atomic mass is 10.00. The fourth-order valence-electron chi connectivity index (χ4n) is 3.80. The molecule has 3 nitrogen and oxygen atoms in total. The zero-order valence-electron chi connectivity index (χ0n) is 13.7. The average Bonchev–Trinajstić information content (AvgIpc) is 3.11. The summed E-state index contributed by atoms with van der Waals surface area (Å²) in [5.41, 5.74) is 1.44. The lowest BCUT2D eigenvalue weighted by molar-refractivity contribution is 0.0945. The lowest BCUT2D eigenvalue weighted by Gasteiger charge is -2.22. The van der Waals surface area contributed by atoms with Crippen molar-refractivity contribution < 1.29 is 4.79 Å². The summed E-state index contributed by atoms with van der Waals surface area (Å²) in [4.78, 5) is 17.3. The van der Waals surface area contributed by atoms with Gasteiger partial charge in [0.1, 0.15) is 0 Å². The highest BCUT2D eigenvalue weighted by atomic mass is 32.1. The van der Waals surface area contributed by atoms with Crippen molar-refractivity contribution in [3.8, 4) is 0 Å². The normalized spacial score (nSPS) is 22.9. The van der Waals surface area contributed by atoms with Crippen LogP contribution >= 0.6 is 11.3 Å². The van der Waals surface area contributed by atoms with Crippen LogP contribution in [0, 0.1) is 0 Å². The van der Waals surface area contributed by atoms with Gasteiger partial charge in [-0.15, -0.1) is 11.3 Å². The van der Waals surface area contributed by atoms with E-state index in [9.17, 15) is 4.79 Å². The minimum Gasteiger partial charge on any atom is -0.350 e. The Morgan fingerprint density at radius 1 is 1.27 bits per heavy atom. The summed E-state index contributed by atoms with van der Waals surface area (Å²) in [6.07, 6.45) is 10.0. The van der Waals surface area contributed by atoms with Crippen LogP contribution in [0.15, 0.2) is 6.07 Å². The molecule has 22 heavy (non-hydrogen) atoms. The standard InChI is InChI=1S/C18H28N2OS/c1-2-20-11-7-9-15(20)13-19-18(21)17-12-14-8-5-3-4-6-10-16(14)22-17/h12,15H,2-11,13H2,1H3,(H,19,21)/t15-/m1/s1. The third kappa shape index (κ3) is 3.72. The molecule has 0 spiro atoms. The van der Waals surface area contributed by atoms with Crippen molar-refractivity contribution in [2.45, 2.75) is 64.3 Å². The second-order valence-corrected chi connectivity index (χ2v) is 7.74. The Bertz CT molecular complexity index is 486. The van der Waals surface area contributed by atoms with E-state index in [4.69, 9.17) is 0 Å². The molecular formula is C18H28N2OS. The summed E-state index contributed by atoms with van der Waals surface area (Å²) in [6.45, 7) is 5.28. The van der Waals surface area contributed by atoms with Gasteiger partial charge >= 0.3 is 0 Å². The Kier molecular flexibility index (Phi) is 5.53. The second-order valence-electron chi connectivity index (χ2n) is 6.61. The number of fused-ring (bicyclic) bond motifs is 1. The first-order valence-electron chi connectivity index (χ1n) is 8.91. The number of likely N-dealkylation sites (N-methyl/N-ethyl adjacent to an activating group) is 1. The maximum atomic E-state index is 12.5. The van der Waals surface area contributed by atoms with Gasteiger partial charge in [0, 0.05) is 17.5 Å². The third-order valence-electron chi connectivity index (χ3n) is 5.12. The fraction of sp³-hybridized carbons (Fsp3) is 0.722. The molecule has 0 radical (unpaired) electrons. The summed E-state index contributed by atoms with van der Waals surface area (Å²) in [5.74, 6) is 0.139. The van der Waals surface area contributed by atoms with Crippen LogP contribution < -0.4 is 5.32 Å². The Hall–Kier alpha value is -0.870. The van der Waals surface area contributed by atoms with E-state index in [2.05, 4.69) is 23.2 Å². The van der Waals surface area contributed by atoms with E-state index in [1.807, 2.05) is 0 Å². The summed E-state index contributed by atoms with van der Waals surface area (Å²) < 4.78 is 0. The van der Waals surface area contributed by atoms with E-state index in [0.29, 0.717) is 6.04 Å². The van der Waals surface area contributed by atoms with Crippen molar-refractivity contribution in [1.82, 2.24) is 10.2 Å². The van der Waals surface area contributed by atoms with Gasteiger partial charge in [0.25, 0.3) is 5.91 Å². The van der Waals surface area contributed by atoms with Gasteiger partial charge in [-0.05, 0) is 63.2 Å². The van der Waals surface area contributed by atoms with Crippen LogP contribution in [0.3, 0.4) is 0 Å². The van der Waals surface area contributed by atoms with Crippen LogP contribution in [-0.4, -0.2) is 36.5 Å². The highest BCUT2D eigenvalue weighted by Crippen LogP contribution is 2.28. The van der Waals surface area contributed by atoms with Crippen molar-refractivity contribution in [3.63, 3.8) is 0 Å². The van der Waals surface area contributed by atoms with Gasteiger partial charge in [-0.3, -0.25) is 9.69 Å². The van der Waals surface area contributed by atoms with E-state index >= 15 is 0 Å². The molecule has 1 fully saturated rings. The molecule has 122 valence electrons. The molecule has 1 N–H and O–H groups in total. The van der Waals surface area contributed by atoms with Crippen molar-refractivity contribution in [1.29, 1.82) is 0 Å². The molecule has 1 atom stereocenters. The van der Waals surface area contributed by atoms with Crippen LogP contribution in [0.1, 0.15) is 65.6 Å². The molecule has 0 unspecified atom stereocenters. The minimum atomic E-state index is 0.139. The summed E-state index contributed by atoms with van der Waals surface area (Å²) >= 11 is 1.73. The van der Waals surface area contributed by atoms with Crippen molar-refractivity contribution in [2.75, 3.05) is 19.6 Å². The fourth-order valence-corrected chi connectivity index (χ4v) is 4.97. The van der Waals surface area contributed by atoms with Gasteiger partial charge in [0.05, 0.1) is 4.88 Å². The highest BCUT2D eigenvalue weighted by Gasteiger charge is 2.24. The van der Waals surface area contributed by atoms with Gasteiger partial charge in [0.2, 0.25) is 0 Å². The molecule has 1 aliphatic heterocycles. The monoisotopic (exact) mass is 320 g/mol. The highest BCUT2D eigenvalue weighted by molar-refractivity contribution is 7.14. The number of carbonyl (C=O) groups excluding carboxylic acids is 1. The number of nitrogens with zero attached hydrogens (tertiary/aromatic N) is 1. The maximum Gasteiger partial charge on any atom is 0.261 e. The van der Waals surface area contributed by atoms with E-state index < -0.39 is 0 Å². The van der Waals surface area contributed by atoms with Crippen molar-refractivity contribution in [2.24, 2.45) is 0 Å². The Morgan fingerprint density at radius 2 is 2.09 bits per heavy atom. The van der Waals surface area contributed by atoms with Crippen LogP contribution in [0.2, 0.25) is 0 Å². The summed E-state index contributed by atoms with van der Waals surface area (Å²) in [7, 11) is 0. The first kappa shape index (κ1) is 16.0. The number of hydrogen-bond donors (Lipinski definition) is 1. The Morgan fingerprint density at radius 3 is 2.91 bits per heavy atom. The van der Waals surface area contributed by atoms with Gasteiger partial charge < -0.3 is 5.32 Å². The van der Waals surface area contributed by atoms with Gasteiger partial charge in [-0.25, -0.2) is 0 Å². The number of carbonyl (C=O) groups is 1. The molecule has 0 bridgehead atoms. The van der Waals surface area contributed by atoms with Gasteiger partial charge in [0.15, 0.2) is 0 Å². The molecule has 2 aliphatic rings.